The van der Waals surface area contributed by atoms with Crippen molar-refractivity contribution in [2.24, 2.45) is 0 Å². The van der Waals surface area contributed by atoms with Gasteiger partial charge in [-0.1, -0.05) is 18.2 Å². The molecule has 0 fully saturated rings. The molecule has 0 saturated carbocycles. The van der Waals surface area contributed by atoms with Crippen molar-refractivity contribution in [2.45, 2.75) is 38.5 Å². The highest BCUT2D eigenvalue weighted by molar-refractivity contribution is 5.26. The van der Waals surface area contributed by atoms with E-state index in [2.05, 4.69) is 0 Å². The maximum absolute atomic E-state index is 12.5. The lowest BCUT2D eigenvalue weighted by Gasteiger charge is -2.12. The summed E-state index contributed by atoms with van der Waals surface area (Å²) in [7, 11) is 0. The topological polar surface area (TPSA) is 29.5 Å². The number of halogens is 3. The third-order valence-corrected chi connectivity index (χ3v) is 2.76. The Morgan fingerprint density at radius 3 is 2.68 bits per heavy atom. The summed E-state index contributed by atoms with van der Waals surface area (Å²) in [5.41, 5.74) is -0.176. The molecule has 0 radical (unpaired) electrons. The molecule has 0 aliphatic heterocycles. The fourth-order valence-corrected chi connectivity index (χ4v) is 1.81. The number of rotatable bonds is 7. The third kappa shape index (κ3) is 6.07. The van der Waals surface area contributed by atoms with E-state index in [-0.39, 0.29) is 6.42 Å². The Balaban J connectivity index is 2.48. The molecule has 2 nitrogen and oxygen atoms in total. The van der Waals surface area contributed by atoms with Gasteiger partial charge in [0.05, 0.1) is 11.7 Å². The van der Waals surface area contributed by atoms with Crippen LogP contribution in [-0.2, 0) is 17.3 Å². The molecule has 19 heavy (non-hydrogen) atoms. The van der Waals surface area contributed by atoms with Crippen molar-refractivity contribution in [1.82, 2.24) is 0 Å². The fraction of sp³-hybridized carbons (Fsp3) is 0.571. The lowest BCUT2D eigenvalue weighted by molar-refractivity contribution is -0.137. The molecule has 0 heterocycles. The Labute approximate surface area is 111 Å². The van der Waals surface area contributed by atoms with E-state index in [1.807, 2.05) is 6.92 Å². The van der Waals surface area contributed by atoms with E-state index in [0.717, 1.165) is 12.1 Å². The van der Waals surface area contributed by atoms with E-state index in [9.17, 15) is 18.3 Å². The summed E-state index contributed by atoms with van der Waals surface area (Å²) < 4.78 is 42.7. The predicted molar refractivity (Wildman–Crippen MR) is 66.9 cm³/mol. The van der Waals surface area contributed by atoms with E-state index in [4.69, 9.17) is 4.74 Å². The standard InChI is InChI=1S/C14H19F3O2/c1-2-19-8-4-7-13(18)10-11-5-3-6-12(9-11)14(15,16)17/h3,5-6,9,13,18H,2,4,7-8,10H2,1H3. The molecule has 1 aromatic carbocycles. The molecule has 108 valence electrons. The fourth-order valence-electron chi connectivity index (χ4n) is 1.81. The monoisotopic (exact) mass is 276 g/mol. The van der Waals surface area contributed by atoms with Gasteiger partial charge in [-0.25, -0.2) is 0 Å². The maximum atomic E-state index is 12.5. The van der Waals surface area contributed by atoms with Crippen LogP contribution in [0.2, 0.25) is 0 Å². The largest absolute Gasteiger partial charge is 0.416 e. The van der Waals surface area contributed by atoms with Gasteiger partial charge < -0.3 is 9.84 Å². The highest BCUT2D eigenvalue weighted by Crippen LogP contribution is 2.29. The van der Waals surface area contributed by atoms with Crippen molar-refractivity contribution >= 4 is 0 Å². The zero-order chi connectivity index (χ0) is 14.3. The predicted octanol–water partition coefficient (Wildman–Crippen LogP) is 3.43. The molecule has 1 atom stereocenters. The molecule has 0 aromatic heterocycles. The summed E-state index contributed by atoms with van der Waals surface area (Å²) in [6.07, 6.45) is -3.51. The molecule has 0 saturated heterocycles. The Morgan fingerprint density at radius 2 is 2.05 bits per heavy atom. The molecular weight excluding hydrogens is 257 g/mol. The molecule has 5 heteroatoms. The molecular formula is C14H19F3O2. The summed E-state index contributed by atoms with van der Waals surface area (Å²) >= 11 is 0. The van der Waals surface area contributed by atoms with Crippen LogP contribution >= 0.6 is 0 Å². The van der Waals surface area contributed by atoms with Gasteiger partial charge in [0.2, 0.25) is 0 Å². The van der Waals surface area contributed by atoms with Gasteiger partial charge in [-0.3, -0.25) is 0 Å². The van der Waals surface area contributed by atoms with Crippen molar-refractivity contribution in [3.63, 3.8) is 0 Å². The Morgan fingerprint density at radius 1 is 1.32 bits per heavy atom. The van der Waals surface area contributed by atoms with Gasteiger partial charge in [0.1, 0.15) is 0 Å². The number of alkyl halides is 3. The van der Waals surface area contributed by atoms with E-state index in [1.165, 1.54) is 6.07 Å². The Bertz CT molecular complexity index is 377. The Hall–Kier alpha value is -1.07. The van der Waals surface area contributed by atoms with Crippen molar-refractivity contribution in [3.8, 4) is 0 Å². The maximum Gasteiger partial charge on any atom is 0.416 e. The average Bonchev–Trinajstić information content (AvgIpc) is 2.34. The summed E-state index contributed by atoms with van der Waals surface area (Å²) in [5, 5.41) is 9.76. The van der Waals surface area contributed by atoms with Gasteiger partial charge >= 0.3 is 6.18 Å². The zero-order valence-corrected chi connectivity index (χ0v) is 10.9. The number of ether oxygens (including phenoxy) is 1. The van der Waals surface area contributed by atoms with Crippen molar-refractivity contribution < 1.29 is 23.0 Å². The molecule has 0 aliphatic rings. The van der Waals surface area contributed by atoms with Crippen LogP contribution in [0.4, 0.5) is 13.2 Å². The highest BCUT2D eigenvalue weighted by Gasteiger charge is 2.30. The van der Waals surface area contributed by atoms with E-state index < -0.39 is 17.8 Å². The van der Waals surface area contributed by atoms with E-state index in [1.54, 1.807) is 6.07 Å². The minimum atomic E-state index is -4.34. The lowest BCUT2D eigenvalue weighted by Crippen LogP contribution is -2.13. The third-order valence-electron chi connectivity index (χ3n) is 2.76. The van der Waals surface area contributed by atoms with Crippen LogP contribution in [0.15, 0.2) is 24.3 Å². The zero-order valence-electron chi connectivity index (χ0n) is 10.9. The molecule has 0 bridgehead atoms. The van der Waals surface area contributed by atoms with Gasteiger partial charge in [-0.2, -0.15) is 13.2 Å². The summed E-state index contributed by atoms with van der Waals surface area (Å²) in [6, 6.07) is 5.09. The first-order valence-electron chi connectivity index (χ1n) is 6.35. The van der Waals surface area contributed by atoms with Gasteiger partial charge in [0, 0.05) is 13.2 Å². The second-order valence-corrected chi connectivity index (χ2v) is 4.40. The second-order valence-electron chi connectivity index (χ2n) is 4.40. The minimum Gasteiger partial charge on any atom is -0.393 e. The molecule has 0 spiro atoms. The molecule has 0 amide bonds. The average molecular weight is 276 g/mol. The molecule has 1 N–H and O–H groups in total. The Kier molecular flexibility index (Phi) is 6.31. The van der Waals surface area contributed by atoms with Crippen LogP contribution in [0.5, 0.6) is 0 Å². The van der Waals surface area contributed by atoms with Crippen LogP contribution in [0.3, 0.4) is 0 Å². The van der Waals surface area contributed by atoms with Crippen LogP contribution in [-0.4, -0.2) is 24.4 Å². The first-order chi connectivity index (χ1) is 8.93. The normalized spacial score (nSPS) is 13.5. The number of aliphatic hydroxyl groups excluding tert-OH is 1. The first kappa shape index (κ1) is 16.0. The molecule has 1 unspecified atom stereocenters. The van der Waals surface area contributed by atoms with Crippen LogP contribution in [0.1, 0.15) is 30.9 Å². The van der Waals surface area contributed by atoms with Crippen molar-refractivity contribution in [1.29, 1.82) is 0 Å². The van der Waals surface area contributed by atoms with Gasteiger partial charge in [0.15, 0.2) is 0 Å². The second kappa shape index (κ2) is 7.50. The van der Waals surface area contributed by atoms with Crippen LogP contribution < -0.4 is 0 Å². The minimum absolute atomic E-state index is 0.232. The lowest BCUT2D eigenvalue weighted by atomic mass is 10.0. The van der Waals surface area contributed by atoms with Crippen LogP contribution in [0.25, 0.3) is 0 Å². The molecule has 1 rings (SSSR count). The number of aliphatic hydroxyl groups is 1. The van der Waals surface area contributed by atoms with E-state index >= 15 is 0 Å². The smallest absolute Gasteiger partial charge is 0.393 e. The van der Waals surface area contributed by atoms with E-state index in [0.29, 0.717) is 31.6 Å². The summed E-state index contributed by atoms with van der Waals surface area (Å²) in [6.45, 7) is 3.08. The first-order valence-corrected chi connectivity index (χ1v) is 6.35. The number of benzene rings is 1. The van der Waals surface area contributed by atoms with Crippen LogP contribution in [0, 0.1) is 0 Å². The summed E-state index contributed by atoms with van der Waals surface area (Å²) in [5.74, 6) is 0. The SMILES string of the molecule is CCOCCCC(O)Cc1cccc(C(F)(F)F)c1. The van der Waals surface area contributed by atoms with Crippen molar-refractivity contribution in [3.05, 3.63) is 35.4 Å². The molecule has 1 aromatic rings. The number of hydrogen-bond acceptors (Lipinski definition) is 2. The highest BCUT2D eigenvalue weighted by atomic mass is 19.4. The van der Waals surface area contributed by atoms with Crippen molar-refractivity contribution in [2.75, 3.05) is 13.2 Å². The van der Waals surface area contributed by atoms with Gasteiger partial charge in [0.25, 0.3) is 0 Å². The van der Waals surface area contributed by atoms with Gasteiger partial charge in [-0.15, -0.1) is 0 Å². The van der Waals surface area contributed by atoms with Gasteiger partial charge in [-0.05, 0) is 37.8 Å². The number of hydrogen-bond donors (Lipinski definition) is 1. The summed E-state index contributed by atoms with van der Waals surface area (Å²) in [4.78, 5) is 0. The molecule has 0 aliphatic carbocycles. The quantitative estimate of drug-likeness (QED) is 0.773.